The Kier molecular flexibility index (Phi) is 3.44. The molecule has 0 saturated carbocycles. The maximum absolute atomic E-state index is 12.2. The predicted molar refractivity (Wildman–Crippen MR) is 81.4 cm³/mol. The van der Waals surface area contributed by atoms with E-state index in [4.69, 9.17) is 0 Å². The Hall–Kier alpha value is -2.62. The molecule has 1 aliphatic carbocycles. The highest BCUT2D eigenvalue weighted by Crippen LogP contribution is 2.26. The number of aromatic carboxylic acids is 1. The van der Waals surface area contributed by atoms with Crippen molar-refractivity contribution in [3.63, 3.8) is 0 Å². The summed E-state index contributed by atoms with van der Waals surface area (Å²) in [4.78, 5) is 23.6. The van der Waals surface area contributed by atoms with Crippen molar-refractivity contribution in [2.45, 2.75) is 12.8 Å². The first kappa shape index (κ1) is 13.4. The Morgan fingerprint density at radius 2 is 1.67 bits per heavy atom. The highest BCUT2D eigenvalue weighted by atomic mass is 16.4. The molecule has 3 rings (SSSR count). The van der Waals surface area contributed by atoms with Gasteiger partial charge in [-0.3, -0.25) is 4.79 Å². The van der Waals surface area contributed by atoms with E-state index in [9.17, 15) is 14.7 Å². The quantitative estimate of drug-likeness (QED) is 0.847. The third-order valence-electron chi connectivity index (χ3n) is 3.75. The molecule has 0 spiro atoms. The summed E-state index contributed by atoms with van der Waals surface area (Å²) in [5.74, 6) is -1.27. The zero-order chi connectivity index (χ0) is 14.8. The van der Waals surface area contributed by atoms with Crippen LogP contribution in [0.15, 0.2) is 48.6 Å². The van der Waals surface area contributed by atoms with Crippen LogP contribution in [0.4, 0.5) is 5.69 Å². The van der Waals surface area contributed by atoms with Gasteiger partial charge in [-0.15, -0.1) is 0 Å². The van der Waals surface area contributed by atoms with Gasteiger partial charge >= 0.3 is 5.97 Å². The minimum Gasteiger partial charge on any atom is -0.478 e. The lowest BCUT2D eigenvalue weighted by molar-refractivity contribution is -0.119. The Morgan fingerprint density at radius 3 is 2.29 bits per heavy atom. The van der Waals surface area contributed by atoms with Gasteiger partial charge in [0.25, 0.3) is 0 Å². The van der Waals surface area contributed by atoms with Gasteiger partial charge in [0, 0.05) is 5.92 Å². The lowest BCUT2D eigenvalue weighted by Crippen LogP contribution is -2.22. The number of carboxylic acids is 1. The van der Waals surface area contributed by atoms with Crippen molar-refractivity contribution in [3.8, 4) is 0 Å². The summed E-state index contributed by atoms with van der Waals surface area (Å²) >= 11 is 0. The van der Waals surface area contributed by atoms with Crippen LogP contribution in [0.25, 0.3) is 10.8 Å². The van der Waals surface area contributed by atoms with Crippen molar-refractivity contribution in [2.75, 3.05) is 5.32 Å². The number of hydrogen-bond acceptors (Lipinski definition) is 2. The Balaban J connectivity index is 1.97. The van der Waals surface area contributed by atoms with Crippen molar-refractivity contribution >= 4 is 28.3 Å². The standard InChI is InChI=1S/C17H15NO3/c19-16(11-5-1-2-6-11)18-15-10-13-8-4-3-7-12(13)9-14(15)17(20)21/h1-4,7-11H,5-6H2,(H,18,19)(H,20,21). The SMILES string of the molecule is O=C(O)c1cc2ccccc2cc1NC(=O)C1CC=CC1. The third kappa shape index (κ3) is 2.65. The van der Waals surface area contributed by atoms with Gasteiger partial charge in [0.1, 0.15) is 0 Å². The molecule has 0 unspecified atom stereocenters. The minimum absolute atomic E-state index is 0.0990. The van der Waals surface area contributed by atoms with E-state index in [0.717, 1.165) is 10.8 Å². The van der Waals surface area contributed by atoms with Crippen molar-refractivity contribution in [3.05, 3.63) is 54.1 Å². The molecule has 1 amide bonds. The zero-order valence-electron chi connectivity index (χ0n) is 11.4. The molecule has 21 heavy (non-hydrogen) atoms. The fraction of sp³-hybridized carbons (Fsp3) is 0.176. The molecule has 0 bridgehead atoms. The van der Waals surface area contributed by atoms with Crippen molar-refractivity contribution < 1.29 is 14.7 Å². The third-order valence-corrected chi connectivity index (χ3v) is 3.75. The zero-order valence-corrected chi connectivity index (χ0v) is 11.4. The highest BCUT2D eigenvalue weighted by molar-refractivity contribution is 6.05. The molecule has 1 aliphatic rings. The Morgan fingerprint density at radius 1 is 1.05 bits per heavy atom. The summed E-state index contributed by atoms with van der Waals surface area (Å²) in [6.45, 7) is 0. The minimum atomic E-state index is -1.04. The smallest absolute Gasteiger partial charge is 0.337 e. The topological polar surface area (TPSA) is 66.4 Å². The number of carbonyl (C=O) groups excluding carboxylic acids is 1. The highest BCUT2D eigenvalue weighted by Gasteiger charge is 2.21. The molecule has 0 aliphatic heterocycles. The summed E-state index contributed by atoms with van der Waals surface area (Å²) in [6, 6.07) is 10.8. The van der Waals surface area contributed by atoms with E-state index < -0.39 is 5.97 Å². The second kappa shape index (κ2) is 5.40. The monoisotopic (exact) mass is 281 g/mol. The van der Waals surface area contributed by atoms with Gasteiger partial charge in [0.05, 0.1) is 11.3 Å². The van der Waals surface area contributed by atoms with Gasteiger partial charge in [-0.05, 0) is 35.7 Å². The van der Waals surface area contributed by atoms with E-state index in [1.54, 1.807) is 12.1 Å². The number of allylic oxidation sites excluding steroid dienone is 2. The van der Waals surface area contributed by atoms with Crippen molar-refractivity contribution in [1.29, 1.82) is 0 Å². The number of nitrogens with one attached hydrogen (secondary N) is 1. The predicted octanol–water partition coefficient (Wildman–Crippen LogP) is 3.44. The van der Waals surface area contributed by atoms with Crippen LogP contribution in [-0.2, 0) is 4.79 Å². The molecule has 4 nitrogen and oxygen atoms in total. The summed E-state index contributed by atoms with van der Waals surface area (Å²) in [7, 11) is 0. The number of rotatable bonds is 3. The molecule has 2 aromatic carbocycles. The van der Waals surface area contributed by atoms with E-state index in [2.05, 4.69) is 5.32 Å². The van der Waals surface area contributed by atoms with Crippen LogP contribution in [0.2, 0.25) is 0 Å². The first-order chi connectivity index (χ1) is 10.1. The molecule has 0 heterocycles. The van der Waals surface area contributed by atoms with E-state index in [1.807, 2.05) is 36.4 Å². The summed E-state index contributed by atoms with van der Waals surface area (Å²) in [5, 5.41) is 13.9. The van der Waals surface area contributed by atoms with Crippen molar-refractivity contribution in [2.24, 2.45) is 5.92 Å². The second-order valence-corrected chi connectivity index (χ2v) is 5.18. The van der Waals surface area contributed by atoms with Gasteiger partial charge in [-0.1, -0.05) is 36.4 Å². The normalized spacial score (nSPS) is 14.5. The van der Waals surface area contributed by atoms with E-state index in [0.29, 0.717) is 18.5 Å². The molecule has 2 aromatic rings. The van der Waals surface area contributed by atoms with Gasteiger partial charge in [0.15, 0.2) is 0 Å². The molecule has 0 fully saturated rings. The lowest BCUT2D eigenvalue weighted by atomic mass is 10.0. The van der Waals surface area contributed by atoms with Crippen LogP contribution in [0.3, 0.4) is 0 Å². The molecular weight excluding hydrogens is 266 g/mol. The van der Waals surface area contributed by atoms with Crippen LogP contribution in [0, 0.1) is 5.92 Å². The molecule has 0 atom stereocenters. The van der Waals surface area contributed by atoms with Crippen LogP contribution in [0.1, 0.15) is 23.2 Å². The molecule has 2 N–H and O–H groups in total. The second-order valence-electron chi connectivity index (χ2n) is 5.18. The molecule has 0 saturated heterocycles. The molecule has 0 radical (unpaired) electrons. The first-order valence-electron chi connectivity index (χ1n) is 6.87. The average molecular weight is 281 g/mol. The summed E-state index contributed by atoms with van der Waals surface area (Å²) in [6.07, 6.45) is 5.37. The van der Waals surface area contributed by atoms with E-state index in [-0.39, 0.29) is 17.4 Å². The maximum atomic E-state index is 12.2. The summed E-state index contributed by atoms with van der Waals surface area (Å²) < 4.78 is 0. The van der Waals surface area contributed by atoms with E-state index in [1.165, 1.54) is 0 Å². The number of carboxylic acid groups (broad SMARTS) is 1. The number of hydrogen-bond donors (Lipinski definition) is 2. The fourth-order valence-corrected chi connectivity index (χ4v) is 2.59. The maximum Gasteiger partial charge on any atom is 0.337 e. The molecular formula is C17H15NO3. The van der Waals surface area contributed by atoms with Gasteiger partial charge in [-0.25, -0.2) is 4.79 Å². The summed E-state index contributed by atoms with van der Waals surface area (Å²) in [5.41, 5.74) is 0.478. The molecule has 106 valence electrons. The Bertz CT molecular complexity index is 741. The lowest BCUT2D eigenvalue weighted by Gasteiger charge is -2.13. The van der Waals surface area contributed by atoms with Gasteiger partial charge in [-0.2, -0.15) is 0 Å². The van der Waals surface area contributed by atoms with Gasteiger partial charge < -0.3 is 10.4 Å². The Labute approximate surface area is 122 Å². The van der Waals surface area contributed by atoms with Crippen LogP contribution < -0.4 is 5.32 Å². The number of benzene rings is 2. The van der Waals surface area contributed by atoms with E-state index >= 15 is 0 Å². The van der Waals surface area contributed by atoms with Crippen molar-refractivity contribution in [1.82, 2.24) is 0 Å². The largest absolute Gasteiger partial charge is 0.478 e. The fourth-order valence-electron chi connectivity index (χ4n) is 2.59. The van der Waals surface area contributed by atoms with Crippen LogP contribution >= 0.6 is 0 Å². The number of amides is 1. The molecule has 4 heteroatoms. The van der Waals surface area contributed by atoms with Crippen LogP contribution in [-0.4, -0.2) is 17.0 Å². The van der Waals surface area contributed by atoms with Gasteiger partial charge in [0.2, 0.25) is 5.91 Å². The number of fused-ring (bicyclic) bond motifs is 1. The average Bonchev–Trinajstić information content (AvgIpc) is 3.00. The number of carbonyl (C=O) groups is 2. The first-order valence-corrected chi connectivity index (χ1v) is 6.87. The molecule has 0 aromatic heterocycles. The number of anilines is 1. The van der Waals surface area contributed by atoms with Crippen LogP contribution in [0.5, 0.6) is 0 Å².